The van der Waals surface area contributed by atoms with Crippen molar-refractivity contribution in [1.29, 1.82) is 0 Å². The van der Waals surface area contributed by atoms with Gasteiger partial charge in [0.25, 0.3) is 0 Å². The molecule has 2 rings (SSSR count). The van der Waals surface area contributed by atoms with Crippen LogP contribution in [0.1, 0.15) is 17.1 Å². The van der Waals surface area contributed by atoms with Crippen molar-refractivity contribution in [2.45, 2.75) is 20.0 Å². The van der Waals surface area contributed by atoms with Crippen LogP contribution >= 0.6 is 0 Å². The summed E-state index contributed by atoms with van der Waals surface area (Å²) < 4.78 is 10.5. The highest BCUT2D eigenvalue weighted by Crippen LogP contribution is 2.24. The molecule has 2 aromatic rings. The topological polar surface area (TPSA) is 56.3 Å². The lowest BCUT2D eigenvalue weighted by Crippen LogP contribution is -2.14. The van der Waals surface area contributed by atoms with Crippen LogP contribution in [0.4, 0.5) is 0 Å². The molecule has 0 saturated heterocycles. The van der Waals surface area contributed by atoms with Crippen LogP contribution in [0.2, 0.25) is 0 Å². The van der Waals surface area contributed by atoms with Crippen LogP contribution in [0.15, 0.2) is 30.5 Å². The molecule has 0 amide bonds. The van der Waals surface area contributed by atoms with Gasteiger partial charge in [0, 0.05) is 30.9 Å². The van der Waals surface area contributed by atoms with Gasteiger partial charge in [-0.15, -0.1) is 0 Å². The molecule has 0 aliphatic rings. The van der Waals surface area contributed by atoms with Gasteiger partial charge >= 0.3 is 0 Å². The van der Waals surface area contributed by atoms with Gasteiger partial charge in [-0.2, -0.15) is 0 Å². The molecule has 1 aromatic carbocycles. The normalized spacial score (nSPS) is 10.3. The Morgan fingerprint density at radius 1 is 1.10 bits per heavy atom. The maximum absolute atomic E-state index is 5.36. The minimum absolute atomic E-state index is 0.693. The maximum atomic E-state index is 5.36. The predicted octanol–water partition coefficient (Wildman–Crippen LogP) is 2.09. The van der Waals surface area contributed by atoms with E-state index in [-0.39, 0.29) is 0 Å². The van der Waals surface area contributed by atoms with Crippen molar-refractivity contribution in [3.63, 3.8) is 0 Å². The fraction of sp³-hybridized carbons (Fsp3) is 0.333. The molecule has 1 aromatic heterocycles. The zero-order chi connectivity index (χ0) is 14.4. The largest absolute Gasteiger partial charge is 0.497 e. The Hall–Kier alpha value is -2.14. The molecule has 0 atom stereocenters. The molecular formula is C15H19N3O2. The lowest BCUT2D eigenvalue weighted by Gasteiger charge is -2.11. The number of nitrogens with one attached hydrogen (secondary N) is 1. The van der Waals surface area contributed by atoms with Crippen molar-refractivity contribution in [1.82, 2.24) is 15.3 Å². The van der Waals surface area contributed by atoms with Crippen LogP contribution < -0.4 is 14.8 Å². The summed E-state index contributed by atoms with van der Waals surface area (Å²) in [6, 6.07) is 7.71. The minimum Gasteiger partial charge on any atom is -0.497 e. The van der Waals surface area contributed by atoms with Crippen LogP contribution in [0.5, 0.6) is 11.5 Å². The van der Waals surface area contributed by atoms with Gasteiger partial charge in [-0.25, -0.2) is 9.97 Å². The molecule has 0 unspecified atom stereocenters. The van der Waals surface area contributed by atoms with E-state index in [1.165, 1.54) is 0 Å². The third-order valence-electron chi connectivity index (χ3n) is 2.95. The van der Waals surface area contributed by atoms with Gasteiger partial charge < -0.3 is 14.8 Å². The standard InChI is InChI=1S/C15H19N3O2/c1-11-17-7-6-13(18-11)10-16-9-12-4-5-14(19-2)8-15(12)20-3/h4-8,16H,9-10H2,1-3H3. The number of nitrogens with zero attached hydrogens (tertiary/aromatic N) is 2. The van der Waals surface area contributed by atoms with Gasteiger partial charge in [0.15, 0.2) is 0 Å². The first-order valence-electron chi connectivity index (χ1n) is 6.43. The van der Waals surface area contributed by atoms with Gasteiger partial charge in [-0.3, -0.25) is 0 Å². The van der Waals surface area contributed by atoms with Crippen LogP contribution in [-0.4, -0.2) is 24.2 Å². The Morgan fingerprint density at radius 3 is 2.65 bits per heavy atom. The Morgan fingerprint density at radius 2 is 1.95 bits per heavy atom. The van der Waals surface area contributed by atoms with Crippen molar-refractivity contribution in [3.05, 3.63) is 47.5 Å². The maximum Gasteiger partial charge on any atom is 0.127 e. The first-order chi connectivity index (χ1) is 9.72. The third-order valence-corrected chi connectivity index (χ3v) is 2.95. The summed E-state index contributed by atoms with van der Waals surface area (Å²) in [5.74, 6) is 2.39. The predicted molar refractivity (Wildman–Crippen MR) is 76.9 cm³/mol. The van der Waals surface area contributed by atoms with E-state index in [2.05, 4.69) is 15.3 Å². The Balaban J connectivity index is 1.97. The van der Waals surface area contributed by atoms with E-state index in [4.69, 9.17) is 9.47 Å². The monoisotopic (exact) mass is 273 g/mol. The molecule has 1 heterocycles. The number of hydrogen-bond donors (Lipinski definition) is 1. The van der Waals surface area contributed by atoms with E-state index < -0.39 is 0 Å². The van der Waals surface area contributed by atoms with Crippen LogP contribution in [-0.2, 0) is 13.1 Å². The SMILES string of the molecule is COc1ccc(CNCc2ccnc(C)n2)c(OC)c1. The first kappa shape index (κ1) is 14.3. The van der Waals surface area contributed by atoms with E-state index >= 15 is 0 Å². The lowest BCUT2D eigenvalue weighted by atomic mass is 10.2. The first-order valence-corrected chi connectivity index (χ1v) is 6.43. The summed E-state index contributed by atoms with van der Waals surface area (Å²) in [5.41, 5.74) is 2.06. The molecule has 5 nitrogen and oxygen atoms in total. The quantitative estimate of drug-likeness (QED) is 0.873. The number of methoxy groups -OCH3 is 2. The van der Waals surface area contributed by atoms with E-state index in [0.717, 1.165) is 28.6 Å². The summed E-state index contributed by atoms with van der Waals surface area (Å²) in [4.78, 5) is 8.43. The summed E-state index contributed by atoms with van der Waals surface area (Å²) in [6.45, 7) is 3.28. The van der Waals surface area contributed by atoms with Crippen molar-refractivity contribution < 1.29 is 9.47 Å². The van der Waals surface area contributed by atoms with Crippen molar-refractivity contribution >= 4 is 0 Å². The summed E-state index contributed by atoms with van der Waals surface area (Å²) in [5, 5.41) is 3.35. The number of rotatable bonds is 6. The molecule has 0 aliphatic heterocycles. The highest BCUT2D eigenvalue weighted by molar-refractivity contribution is 5.40. The van der Waals surface area contributed by atoms with Gasteiger partial charge in [0.1, 0.15) is 17.3 Å². The Bertz CT molecular complexity index is 573. The molecule has 1 N–H and O–H groups in total. The van der Waals surface area contributed by atoms with E-state index in [1.54, 1.807) is 20.4 Å². The fourth-order valence-electron chi connectivity index (χ4n) is 1.93. The lowest BCUT2D eigenvalue weighted by molar-refractivity contribution is 0.389. The molecular weight excluding hydrogens is 254 g/mol. The Labute approximate surface area is 119 Å². The Kier molecular flexibility index (Phi) is 4.90. The molecule has 0 fully saturated rings. The second-order valence-corrected chi connectivity index (χ2v) is 4.38. The average Bonchev–Trinajstić information content (AvgIpc) is 2.47. The smallest absolute Gasteiger partial charge is 0.127 e. The number of benzene rings is 1. The number of hydrogen-bond acceptors (Lipinski definition) is 5. The zero-order valence-electron chi connectivity index (χ0n) is 12.0. The van der Waals surface area contributed by atoms with E-state index in [1.807, 2.05) is 31.2 Å². The fourth-order valence-corrected chi connectivity index (χ4v) is 1.93. The van der Waals surface area contributed by atoms with E-state index in [0.29, 0.717) is 13.1 Å². The van der Waals surface area contributed by atoms with Crippen molar-refractivity contribution in [2.75, 3.05) is 14.2 Å². The second-order valence-electron chi connectivity index (χ2n) is 4.38. The van der Waals surface area contributed by atoms with Gasteiger partial charge in [-0.05, 0) is 19.1 Å². The van der Waals surface area contributed by atoms with Crippen molar-refractivity contribution in [3.8, 4) is 11.5 Å². The van der Waals surface area contributed by atoms with Gasteiger partial charge in [-0.1, -0.05) is 6.07 Å². The molecule has 0 aliphatic carbocycles. The summed E-state index contributed by atoms with van der Waals surface area (Å²) >= 11 is 0. The molecule has 0 spiro atoms. The number of aromatic nitrogens is 2. The van der Waals surface area contributed by atoms with Crippen LogP contribution in [0.3, 0.4) is 0 Å². The van der Waals surface area contributed by atoms with Crippen molar-refractivity contribution in [2.24, 2.45) is 0 Å². The number of ether oxygens (including phenoxy) is 2. The zero-order valence-corrected chi connectivity index (χ0v) is 12.0. The molecule has 0 bridgehead atoms. The molecule has 0 radical (unpaired) electrons. The minimum atomic E-state index is 0.693. The summed E-state index contributed by atoms with van der Waals surface area (Å²) in [7, 11) is 3.30. The number of aryl methyl sites for hydroxylation is 1. The molecule has 0 saturated carbocycles. The summed E-state index contributed by atoms with van der Waals surface area (Å²) in [6.07, 6.45) is 1.77. The van der Waals surface area contributed by atoms with Crippen LogP contribution in [0, 0.1) is 6.92 Å². The highest BCUT2D eigenvalue weighted by atomic mass is 16.5. The van der Waals surface area contributed by atoms with Crippen LogP contribution in [0.25, 0.3) is 0 Å². The van der Waals surface area contributed by atoms with Gasteiger partial charge in [0.2, 0.25) is 0 Å². The molecule has 106 valence electrons. The molecule has 5 heteroatoms. The second kappa shape index (κ2) is 6.86. The average molecular weight is 273 g/mol. The third kappa shape index (κ3) is 3.68. The highest BCUT2D eigenvalue weighted by Gasteiger charge is 2.05. The molecule has 20 heavy (non-hydrogen) atoms. The van der Waals surface area contributed by atoms with E-state index in [9.17, 15) is 0 Å². The van der Waals surface area contributed by atoms with Gasteiger partial charge in [0.05, 0.1) is 19.9 Å².